The Morgan fingerprint density at radius 1 is 1.00 bits per heavy atom. The number of carbonyl (C=O) groups is 2. The number of hydrogen-bond donors (Lipinski definition) is 3. The molecule has 3 aromatic carbocycles. The third-order valence-corrected chi connectivity index (χ3v) is 6.85. The topological polar surface area (TPSA) is 94.7 Å². The molecule has 0 radical (unpaired) electrons. The number of amides is 2. The first-order valence-corrected chi connectivity index (χ1v) is 11.9. The van der Waals surface area contributed by atoms with Gasteiger partial charge in [-0.2, -0.15) is 0 Å². The van der Waals surface area contributed by atoms with Gasteiger partial charge in [0.05, 0.1) is 23.3 Å². The molecule has 180 valence electrons. The van der Waals surface area contributed by atoms with Crippen molar-refractivity contribution in [2.24, 2.45) is 0 Å². The zero-order valence-electron chi connectivity index (χ0n) is 19.8. The average molecular weight is 492 g/mol. The summed E-state index contributed by atoms with van der Waals surface area (Å²) in [4.78, 5) is 31.4. The van der Waals surface area contributed by atoms with Crippen LogP contribution in [-0.2, 0) is 6.42 Å². The Bertz CT molecular complexity index is 1510. The number of halogens is 1. The van der Waals surface area contributed by atoms with Crippen LogP contribution in [0, 0.1) is 0 Å². The number of nitrogens with one attached hydrogen (secondary N) is 2. The zero-order valence-corrected chi connectivity index (χ0v) is 20.5. The van der Waals surface area contributed by atoms with Crippen molar-refractivity contribution in [3.8, 4) is 22.6 Å². The van der Waals surface area contributed by atoms with Crippen LogP contribution in [0.1, 0.15) is 39.1 Å². The highest BCUT2D eigenvalue weighted by Crippen LogP contribution is 2.44. The smallest absolute Gasteiger partial charge is 0.259 e. The maximum Gasteiger partial charge on any atom is 0.259 e. The lowest BCUT2D eigenvalue weighted by Crippen LogP contribution is -2.20. The Labute approximate surface area is 207 Å². The minimum atomic E-state index is -0.486. The van der Waals surface area contributed by atoms with Gasteiger partial charge in [-0.3, -0.25) is 14.9 Å². The number of H-pyrrole nitrogens is 1. The highest BCUT2D eigenvalue weighted by Gasteiger charge is 2.35. The molecule has 5 rings (SSSR count). The monoisotopic (exact) mass is 491 g/mol. The summed E-state index contributed by atoms with van der Waals surface area (Å²) in [7, 11) is 5.62. The number of aromatic amines is 1. The van der Waals surface area contributed by atoms with Crippen molar-refractivity contribution in [3.63, 3.8) is 0 Å². The van der Waals surface area contributed by atoms with Crippen LogP contribution < -0.4 is 10.1 Å². The molecule has 0 bridgehead atoms. The number of rotatable bonds is 7. The molecule has 1 aliphatic rings. The number of aromatic hydroxyl groups is 1. The average Bonchev–Trinajstić information content (AvgIpc) is 3.31. The molecule has 0 aliphatic carbocycles. The van der Waals surface area contributed by atoms with Gasteiger partial charge in [0.2, 0.25) is 0 Å². The van der Waals surface area contributed by atoms with Crippen LogP contribution in [0.5, 0.6) is 11.5 Å². The van der Waals surface area contributed by atoms with Crippen LogP contribution in [-0.4, -0.2) is 54.6 Å². The van der Waals surface area contributed by atoms with Crippen molar-refractivity contribution in [2.45, 2.75) is 19.3 Å². The van der Waals surface area contributed by atoms with Gasteiger partial charge in [-0.25, -0.2) is 0 Å². The van der Waals surface area contributed by atoms with Crippen molar-refractivity contribution < 1.29 is 19.4 Å². The number of methoxy groups -OCH3 is 1. The normalized spacial score (nSPS) is 13.2. The largest absolute Gasteiger partial charge is 0.508 e. The van der Waals surface area contributed by atoms with Crippen LogP contribution in [0.2, 0.25) is 5.02 Å². The zero-order chi connectivity index (χ0) is 24.9. The van der Waals surface area contributed by atoms with E-state index in [1.807, 2.05) is 26.2 Å². The van der Waals surface area contributed by atoms with Crippen LogP contribution in [0.15, 0.2) is 36.4 Å². The summed E-state index contributed by atoms with van der Waals surface area (Å²) in [6.07, 6.45) is 2.71. The molecule has 2 amide bonds. The summed E-state index contributed by atoms with van der Waals surface area (Å²) in [5.74, 6) is -0.283. The number of nitrogens with zero attached hydrogens (tertiary/aromatic N) is 1. The van der Waals surface area contributed by atoms with Gasteiger partial charge >= 0.3 is 0 Å². The molecule has 0 saturated heterocycles. The van der Waals surface area contributed by atoms with Gasteiger partial charge in [0.15, 0.2) is 0 Å². The number of fused-ring (bicyclic) bond motifs is 5. The second-order valence-corrected chi connectivity index (χ2v) is 9.52. The number of benzene rings is 3. The molecule has 1 aliphatic heterocycles. The molecular formula is C27H26ClN3O4. The van der Waals surface area contributed by atoms with Crippen LogP contribution in [0.4, 0.5) is 0 Å². The second kappa shape index (κ2) is 8.91. The maximum absolute atomic E-state index is 13.0. The summed E-state index contributed by atoms with van der Waals surface area (Å²) in [6, 6.07) is 10.7. The fourth-order valence-electron chi connectivity index (χ4n) is 4.92. The van der Waals surface area contributed by atoms with Gasteiger partial charge in [0, 0.05) is 32.9 Å². The van der Waals surface area contributed by atoms with E-state index in [1.54, 1.807) is 24.3 Å². The third-order valence-electron chi connectivity index (χ3n) is 6.53. The third kappa shape index (κ3) is 3.90. The molecule has 0 fully saturated rings. The second-order valence-electron chi connectivity index (χ2n) is 9.11. The number of unbranched alkanes of at least 4 members (excludes halogenated alkanes) is 1. The summed E-state index contributed by atoms with van der Waals surface area (Å²) >= 11 is 6.54. The quantitative estimate of drug-likeness (QED) is 0.246. The first-order chi connectivity index (χ1) is 16.8. The number of phenols is 1. The molecule has 2 heterocycles. The highest BCUT2D eigenvalue weighted by atomic mass is 35.5. The lowest BCUT2D eigenvalue weighted by atomic mass is 9.92. The molecule has 0 saturated carbocycles. The van der Waals surface area contributed by atoms with Crippen molar-refractivity contribution in [3.05, 3.63) is 58.1 Å². The van der Waals surface area contributed by atoms with Gasteiger partial charge in [0.1, 0.15) is 11.5 Å². The van der Waals surface area contributed by atoms with Gasteiger partial charge in [0.25, 0.3) is 11.8 Å². The molecule has 8 heteroatoms. The Kier molecular flexibility index (Phi) is 5.91. The predicted molar refractivity (Wildman–Crippen MR) is 138 cm³/mol. The number of aromatic nitrogens is 1. The fraction of sp³-hybridized carbons (Fsp3) is 0.259. The van der Waals surface area contributed by atoms with E-state index in [1.165, 1.54) is 7.11 Å². The van der Waals surface area contributed by atoms with E-state index in [0.29, 0.717) is 38.2 Å². The number of hydrogen-bond acceptors (Lipinski definition) is 5. The number of carbonyl (C=O) groups excluding carboxylic acids is 2. The molecule has 1 aromatic heterocycles. The lowest BCUT2D eigenvalue weighted by Gasteiger charge is -2.13. The van der Waals surface area contributed by atoms with E-state index in [2.05, 4.69) is 15.2 Å². The number of aryl methyl sites for hydroxylation is 1. The molecule has 0 unspecified atom stereocenters. The van der Waals surface area contributed by atoms with E-state index in [0.717, 1.165) is 36.9 Å². The van der Waals surface area contributed by atoms with E-state index < -0.39 is 11.8 Å². The lowest BCUT2D eigenvalue weighted by molar-refractivity contribution is 0.0880. The first-order valence-electron chi connectivity index (χ1n) is 11.5. The number of ether oxygens (including phenoxy) is 1. The summed E-state index contributed by atoms with van der Waals surface area (Å²) in [5.41, 5.74) is 3.88. The van der Waals surface area contributed by atoms with Crippen molar-refractivity contribution in [2.75, 3.05) is 27.7 Å². The highest BCUT2D eigenvalue weighted by molar-refractivity contribution is 6.36. The van der Waals surface area contributed by atoms with Gasteiger partial charge in [-0.1, -0.05) is 17.7 Å². The van der Waals surface area contributed by atoms with E-state index >= 15 is 0 Å². The Balaban J connectivity index is 1.72. The van der Waals surface area contributed by atoms with Crippen LogP contribution in [0.3, 0.4) is 0 Å². The SMILES string of the molecule is COc1cccc(Cl)c1-c1cc2[nH]c3cc(CCCCN(C)C)c(O)cc3c2c2c1C(=O)NC2=O. The predicted octanol–water partition coefficient (Wildman–Crippen LogP) is 5.12. The summed E-state index contributed by atoms with van der Waals surface area (Å²) < 4.78 is 5.52. The minimum absolute atomic E-state index is 0.179. The fourth-order valence-corrected chi connectivity index (χ4v) is 5.19. The Morgan fingerprint density at radius 3 is 2.51 bits per heavy atom. The minimum Gasteiger partial charge on any atom is -0.508 e. The van der Waals surface area contributed by atoms with E-state index in [4.69, 9.17) is 16.3 Å². The van der Waals surface area contributed by atoms with E-state index in [9.17, 15) is 14.7 Å². The Morgan fingerprint density at radius 2 is 1.77 bits per heavy atom. The standard InChI is InChI=1S/C27H26ClN3O4/c1-31(2)10-5-4-7-14-11-18-15(13-20(14)32)23-19(29-18)12-16(24-25(23)27(34)30-26(24)33)22-17(28)8-6-9-21(22)35-3/h6,8-9,11-13,29,32H,4-5,7,10H2,1-3H3,(H,30,33,34). The Hall–Kier alpha value is -3.55. The van der Waals surface area contributed by atoms with Crippen LogP contribution >= 0.6 is 11.6 Å². The molecule has 0 atom stereocenters. The molecular weight excluding hydrogens is 466 g/mol. The van der Waals surface area contributed by atoms with Gasteiger partial charge in [-0.15, -0.1) is 0 Å². The van der Waals surface area contributed by atoms with Gasteiger partial charge < -0.3 is 19.7 Å². The van der Waals surface area contributed by atoms with Gasteiger partial charge in [-0.05, 0) is 75.8 Å². The molecule has 0 spiro atoms. The molecule has 4 aromatic rings. The van der Waals surface area contributed by atoms with Crippen molar-refractivity contribution >= 4 is 45.2 Å². The van der Waals surface area contributed by atoms with Crippen LogP contribution in [0.25, 0.3) is 32.9 Å². The van der Waals surface area contributed by atoms with Crippen molar-refractivity contribution in [1.82, 2.24) is 15.2 Å². The molecule has 3 N–H and O–H groups in total. The molecule has 35 heavy (non-hydrogen) atoms. The molecule has 7 nitrogen and oxygen atoms in total. The number of phenolic OH excluding ortho intramolecular Hbond substituents is 1. The first kappa shape index (κ1) is 23.2. The summed E-state index contributed by atoms with van der Waals surface area (Å²) in [6.45, 7) is 0.985. The number of imide groups is 1. The van der Waals surface area contributed by atoms with E-state index in [-0.39, 0.29) is 16.9 Å². The summed E-state index contributed by atoms with van der Waals surface area (Å²) in [5, 5.41) is 14.9. The maximum atomic E-state index is 13.0. The van der Waals surface area contributed by atoms with Crippen molar-refractivity contribution in [1.29, 1.82) is 0 Å².